The van der Waals surface area contributed by atoms with Crippen LogP contribution in [0.3, 0.4) is 0 Å². The number of ether oxygens (including phenoxy) is 1. The highest BCUT2D eigenvalue weighted by Gasteiger charge is 2.55. The molecule has 2 heteroatoms. The van der Waals surface area contributed by atoms with E-state index in [1.54, 1.807) is 0 Å². The van der Waals surface area contributed by atoms with Gasteiger partial charge in [0.25, 0.3) is 0 Å². The van der Waals surface area contributed by atoms with Crippen molar-refractivity contribution in [2.24, 2.45) is 11.1 Å². The van der Waals surface area contributed by atoms with E-state index < -0.39 is 0 Å². The molecule has 1 aromatic carbocycles. The van der Waals surface area contributed by atoms with E-state index in [-0.39, 0.29) is 0 Å². The molecule has 2 fully saturated rings. The minimum absolute atomic E-state index is 0.297. The summed E-state index contributed by atoms with van der Waals surface area (Å²) in [7, 11) is 0. The monoisotopic (exact) mass is 231 g/mol. The van der Waals surface area contributed by atoms with E-state index in [9.17, 15) is 0 Å². The first kappa shape index (κ1) is 11.1. The molecule has 0 radical (unpaired) electrons. The third kappa shape index (κ3) is 1.75. The number of aryl methyl sites for hydroxylation is 1. The van der Waals surface area contributed by atoms with Crippen molar-refractivity contribution in [1.29, 1.82) is 0 Å². The molecule has 0 amide bonds. The van der Waals surface area contributed by atoms with Gasteiger partial charge in [-0.2, -0.15) is 0 Å². The van der Waals surface area contributed by atoms with Crippen LogP contribution in [0.1, 0.15) is 37.7 Å². The summed E-state index contributed by atoms with van der Waals surface area (Å²) in [6, 6.07) is 8.72. The van der Waals surface area contributed by atoms with Crippen LogP contribution in [0, 0.1) is 12.3 Å². The second kappa shape index (κ2) is 4.02. The van der Waals surface area contributed by atoms with Gasteiger partial charge in [0.15, 0.2) is 0 Å². The van der Waals surface area contributed by atoms with Gasteiger partial charge in [-0.1, -0.05) is 30.5 Å². The van der Waals surface area contributed by atoms with Crippen LogP contribution in [0.25, 0.3) is 0 Å². The van der Waals surface area contributed by atoms with Crippen molar-refractivity contribution in [1.82, 2.24) is 0 Å². The number of hydrogen-bond acceptors (Lipinski definition) is 2. The van der Waals surface area contributed by atoms with Crippen molar-refractivity contribution < 1.29 is 4.74 Å². The molecule has 92 valence electrons. The normalized spacial score (nSPS) is 30.2. The van der Waals surface area contributed by atoms with E-state index >= 15 is 0 Å². The highest BCUT2D eigenvalue weighted by molar-refractivity contribution is 5.27. The molecule has 2 nitrogen and oxygen atoms in total. The quantitative estimate of drug-likeness (QED) is 0.849. The van der Waals surface area contributed by atoms with Crippen LogP contribution in [-0.2, 0) is 0 Å². The predicted octanol–water partition coefficient (Wildman–Crippen LogP) is 3.03. The number of rotatable bonds is 2. The Morgan fingerprint density at radius 3 is 2.41 bits per heavy atom. The smallest absolute Gasteiger partial charge is 0.119 e. The fourth-order valence-electron chi connectivity index (χ4n) is 3.45. The maximum atomic E-state index is 6.21. The predicted molar refractivity (Wildman–Crippen MR) is 69.1 cm³/mol. The van der Waals surface area contributed by atoms with Gasteiger partial charge in [0.2, 0.25) is 0 Å². The average Bonchev–Trinajstić information content (AvgIpc) is 2.83. The van der Waals surface area contributed by atoms with E-state index in [1.165, 1.54) is 31.2 Å². The first-order valence-electron chi connectivity index (χ1n) is 6.70. The molecule has 2 atom stereocenters. The van der Waals surface area contributed by atoms with E-state index in [2.05, 4.69) is 31.2 Å². The van der Waals surface area contributed by atoms with Gasteiger partial charge in [-0.05, 0) is 31.9 Å². The average molecular weight is 231 g/mol. The van der Waals surface area contributed by atoms with Crippen LogP contribution in [0.2, 0.25) is 0 Å². The molecule has 1 aromatic rings. The Labute approximate surface area is 103 Å². The van der Waals surface area contributed by atoms with Crippen LogP contribution in [0.15, 0.2) is 24.3 Å². The molecule has 0 saturated heterocycles. The molecule has 2 N–H and O–H groups in total. The third-order valence-corrected chi connectivity index (χ3v) is 4.68. The first-order valence-corrected chi connectivity index (χ1v) is 6.70. The molecule has 2 aliphatic rings. The molecule has 0 bridgehead atoms. The summed E-state index contributed by atoms with van der Waals surface area (Å²) < 4.78 is 6.13. The number of nitrogens with two attached hydrogens (primary N) is 1. The summed E-state index contributed by atoms with van der Waals surface area (Å²) in [5, 5.41) is 0. The summed E-state index contributed by atoms with van der Waals surface area (Å²) in [5.74, 6) is 0.999. The number of hydrogen-bond donors (Lipinski definition) is 1. The molecule has 0 aliphatic heterocycles. The van der Waals surface area contributed by atoms with Crippen molar-refractivity contribution in [2.75, 3.05) is 0 Å². The lowest BCUT2D eigenvalue weighted by Gasteiger charge is -2.52. The molecule has 3 rings (SSSR count). The van der Waals surface area contributed by atoms with Gasteiger partial charge in [0, 0.05) is 17.9 Å². The van der Waals surface area contributed by atoms with Gasteiger partial charge in [-0.15, -0.1) is 0 Å². The van der Waals surface area contributed by atoms with Gasteiger partial charge >= 0.3 is 0 Å². The number of benzene rings is 1. The van der Waals surface area contributed by atoms with Crippen molar-refractivity contribution in [3.63, 3.8) is 0 Å². The van der Waals surface area contributed by atoms with Gasteiger partial charge in [0.05, 0.1) is 0 Å². The van der Waals surface area contributed by atoms with E-state index in [1.807, 2.05) is 0 Å². The Balaban J connectivity index is 1.72. The van der Waals surface area contributed by atoms with Crippen LogP contribution in [0.5, 0.6) is 5.75 Å². The summed E-state index contributed by atoms with van der Waals surface area (Å²) in [6.07, 6.45) is 6.52. The third-order valence-electron chi connectivity index (χ3n) is 4.68. The summed E-state index contributed by atoms with van der Waals surface area (Å²) >= 11 is 0. The second-order valence-corrected chi connectivity index (χ2v) is 5.70. The molecule has 0 heterocycles. The van der Waals surface area contributed by atoms with Gasteiger partial charge < -0.3 is 10.5 Å². The highest BCUT2D eigenvalue weighted by atomic mass is 16.5. The molecule has 1 spiro atoms. The van der Waals surface area contributed by atoms with Crippen LogP contribution < -0.4 is 10.5 Å². The lowest BCUT2D eigenvalue weighted by atomic mass is 9.61. The molecular weight excluding hydrogens is 210 g/mol. The van der Waals surface area contributed by atoms with Gasteiger partial charge in [-0.3, -0.25) is 0 Å². The molecule has 2 aliphatic carbocycles. The Morgan fingerprint density at radius 2 is 1.82 bits per heavy atom. The maximum absolute atomic E-state index is 6.21. The second-order valence-electron chi connectivity index (χ2n) is 5.70. The van der Waals surface area contributed by atoms with Gasteiger partial charge in [0.1, 0.15) is 11.9 Å². The summed E-state index contributed by atoms with van der Waals surface area (Å²) in [5.41, 5.74) is 7.78. The van der Waals surface area contributed by atoms with Gasteiger partial charge in [-0.25, -0.2) is 0 Å². The van der Waals surface area contributed by atoms with Crippen molar-refractivity contribution in [3.8, 4) is 5.75 Å². The Kier molecular flexibility index (Phi) is 2.62. The lowest BCUT2D eigenvalue weighted by molar-refractivity contribution is -0.0620. The zero-order chi connectivity index (χ0) is 11.9. The topological polar surface area (TPSA) is 35.2 Å². The van der Waals surface area contributed by atoms with Crippen molar-refractivity contribution in [3.05, 3.63) is 29.8 Å². The fraction of sp³-hybridized carbons (Fsp3) is 0.600. The van der Waals surface area contributed by atoms with Crippen molar-refractivity contribution >= 4 is 0 Å². The molecule has 0 aromatic heterocycles. The van der Waals surface area contributed by atoms with Crippen LogP contribution >= 0.6 is 0 Å². The van der Waals surface area contributed by atoms with E-state index in [0.717, 1.165) is 12.2 Å². The minimum atomic E-state index is 0.297. The summed E-state index contributed by atoms with van der Waals surface area (Å²) in [4.78, 5) is 0. The molecule has 2 saturated carbocycles. The SMILES string of the molecule is Cc1ccc(OC2CC(N)C23CCCC3)cc1. The molecule has 2 unspecified atom stereocenters. The largest absolute Gasteiger partial charge is 0.490 e. The summed E-state index contributed by atoms with van der Waals surface area (Å²) in [6.45, 7) is 2.10. The first-order chi connectivity index (χ1) is 8.21. The van der Waals surface area contributed by atoms with Crippen LogP contribution in [0.4, 0.5) is 0 Å². The fourth-order valence-corrected chi connectivity index (χ4v) is 3.45. The highest BCUT2D eigenvalue weighted by Crippen LogP contribution is 2.53. The minimum Gasteiger partial charge on any atom is -0.490 e. The molecular formula is C15H21NO. The van der Waals surface area contributed by atoms with E-state index in [0.29, 0.717) is 17.6 Å². The van der Waals surface area contributed by atoms with Crippen LogP contribution in [-0.4, -0.2) is 12.1 Å². The Bertz CT molecular complexity index is 392. The maximum Gasteiger partial charge on any atom is 0.119 e. The molecule has 17 heavy (non-hydrogen) atoms. The standard InChI is InChI=1S/C15H21NO/c1-11-4-6-12(7-5-11)17-14-10-13(16)15(14)8-2-3-9-15/h4-7,13-14H,2-3,8-10,16H2,1H3. The zero-order valence-corrected chi connectivity index (χ0v) is 10.5. The Morgan fingerprint density at radius 1 is 1.18 bits per heavy atom. The van der Waals surface area contributed by atoms with Crippen molar-refractivity contribution in [2.45, 2.75) is 51.2 Å². The Hall–Kier alpha value is -1.02. The van der Waals surface area contributed by atoms with E-state index in [4.69, 9.17) is 10.5 Å². The zero-order valence-electron chi connectivity index (χ0n) is 10.5. The lowest BCUT2D eigenvalue weighted by Crippen LogP contribution is -2.62.